The summed E-state index contributed by atoms with van der Waals surface area (Å²) in [5, 5.41) is 16.5. The Balaban J connectivity index is 2.00. The van der Waals surface area contributed by atoms with Crippen molar-refractivity contribution in [3.63, 3.8) is 0 Å². The molecule has 0 spiro atoms. The van der Waals surface area contributed by atoms with Crippen molar-refractivity contribution in [1.29, 1.82) is 0 Å². The Kier molecular flexibility index (Phi) is 6.51. The highest BCUT2D eigenvalue weighted by Crippen LogP contribution is 2.29. The number of amides is 1. The van der Waals surface area contributed by atoms with Gasteiger partial charge in [-0.25, -0.2) is 0 Å². The highest BCUT2D eigenvalue weighted by Gasteiger charge is 2.13. The van der Waals surface area contributed by atoms with E-state index < -0.39 is 4.92 Å². The van der Waals surface area contributed by atoms with Crippen molar-refractivity contribution < 1.29 is 19.2 Å². The maximum absolute atomic E-state index is 12.2. The number of rotatable bonds is 8. The van der Waals surface area contributed by atoms with Crippen LogP contribution in [0.3, 0.4) is 0 Å². The molecule has 0 bridgehead atoms. The molecular weight excluding hydrogens is 338 g/mol. The number of carbonyl (C=O) groups excluding carboxylic acids is 1. The van der Waals surface area contributed by atoms with Crippen LogP contribution in [0.1, 0.15) is 18.6 Å². The SMILES string of the molecule is COc1cc([N+](=O)[O-])ccc1NC(=O)CNc1cccc([C@H](C)OC)c1. The summed E-state index contributed by atoms with van der Waals surface area (Å²) >= 11 is 0. The number of nitrogens with one attached hydrogen (secondary N) is 2. The average Bonchev–Trinajstić information content (AvgIpc) is 2.66. The fraction of sp³-hybridized carbons (Fsp3) is 0.278. The fourth-order valence-corrected chi connectivity index (χ4v) is 2.31. The van der Waals surface area contributed by atoms with Gasteiger partial charge in [-0.1, -0.05) is 12.1 Å². The zero-order valence-corrected chi connectivity index (χ0v) is 14.8. The van der Waals surface area contributed by atoms with Gasteiger partial charge >= 0.3 is 0 Å². The zero-order chi connectivity index (χ0) is 19.1. The summed E-state index contributed by atoms with van der Waals surface area (Å²) in [6.45, 7) is 1.97. The number of anilines is 2. The molecule has 0 aliphatic heterocycles. The molecule has 0 saturated heterocycles. The van der Waals surface area contributed by atoms with E-state index in [4.69, 9.17) is 9.47 Å². The van der Waals surface area contributed by atoms with Crippen LogP contribution in [-0.2, 0) is 9.53 Å². The van der Waals surface area contributed by atoms with Gasteiger partial charge in [0.15, 0.2) is 0 Å². The standard InChI is InChI=1S/C18H21N3O5/c1-12(25-2)13-5-4-6-14(9-13)19-11-18(22)20-16-8-7-15(21(23)24)10-17(16)26-3/h4-10,12,19H,11H2,1-3H3,(H,20,22)/t12-/m0/s1. The first-order valence-corrected chi connectivity index (χ1v) is 7.93. The van der Waals surface area contributed by atoms with Crippen molar-refractivity contribution in [2.24, 2.45) is 0 Å². The van der Waals surface area contributed by atoms with E-state index in [-0.39, 0.29) is 30.0 Å². The predicted octanol–water partition coefficient (Wildman–Crippen LogP) is 3.36. The smallest absolute Gasteiger partial charge is 0.273 e. The number of nitro benzene ring substituents is 1. The Morgan fingerprint density at radius 2 is 2.00 bits per heavy atom. The molecule has 0 radical (unpaired) electrons. The summed E-state index contributed by atoms with van der Waals surface area (Å²) in [5.41, 5.74) is 2.04. The lowest BCUT2D eigenvalue weighted by Gasteiger charge is -2.13. The average molecular weight is 359 g/mol. The van der Waals surface area contributed by atoms with Crippen LogP contribution >= 0.6 is 0 Å². The second-order valence-corrected chi connectivity index (χ2v) is 5.55. The molecular formula is C18H21N3O5. The first-order chi connectivity index (χ1) is 12.4. The Bertz CT molecular complexity index is 794. The molecule has 0 heterocycles. The van der Waals surface area contributed by atoms with Gasteiger partial charge in [-0.2, -0.15) is 0 Å². The Labute approximate surface area is 151 Å². The number of benzene rings is 2. The quantitative estimate of drug-likeness (QED) is 0.553. The van der Waals surface area contributed by atoms with Gasteiger partial charge in [0.1, 0.15) is 5.75 Å². The lowest BCUT2D eigenvalue weighted by molar-refractivity contribution is -0.384. The molecule has 2 N–H and O–H groups in total. The summed E-state index contributed by atoms with van der Waals surface area (Å²) < 4.78 is 10.4. The number of hydrogen-bond acceptors (Lipinski definition) is 6. The van der Waals surface area contributed by atoms with Gasteiger partial charge in [0.05, 0.1) is 36.4 Å². The summed E-state index contributed by atoms with van der Waals surface area (Å²) in [4.78, 5) is 22.4. The monoisotopic (exact) mass is 359 g/mol. The van der Waals surface area contributed by atoms with E-state index in [9.17, 15) is 14.9 Å². The van der Waals surface area contributed by atoms with E-state index in [0.29, 0.717) is 5.69 Å². The molecule has 2 aromatic rings. The maximum atomic E-state index is 12.2. The first kappa shape index (κ1) is 19.2. The molecule has 0 unspecified atom stereocenters. The Hall–Kier alpha value is -3.13. The lowest BCUT2D eigenvalue weighted by Crippen LogP contribution is -2.22. The largest absolute Gasteiger partial charge is 0.494 e. The highest BCUT2D eigenvalue weighted by atomic mass is 16.6. The van der Waals surface area contributed by atoms with Gasteiger partial charge in [0.2, 0.25) is 5.91 Å². The number of non-ortho nitro benzene ring substituents is 1. The number of ether oxygens (including phenoxy) is 2. The molecule has 138 valence electrons. The molecule has 26 heavy (non-hydrogen) atoms. The van der Waals surface area contributed by atoms with Crippen molar-refractivity contribution in [1.82, 2.24) is 0 Å². The highest BCUT2D eigenvalue weighted by molar-refractivity contribution is 5.95. The number of carbonyl (C=O) groups is 1. The topological polar surface area (TPSA) is 103 Å². The number of nitrogens with zero attached hydrogens (tertiary/aromatic N) is 1. The van der Waals surface area contributed by atoms with E-state index >= 15 is 0 Å². The fourth-order valence-electron chi connectivity index (χ4n) is 2.31. The third-order valence-electron chi connectivity index (χ3n) is 3.83. The van der Waals surface area contributed by atoms with E-state index in [1.807, 2.05) is 31.2 Å². The molecule has 0 aromatic heterocycles. The van der Waals surface area contributed by atoms with Crippen LogP contribution < -0.4 is 15.4 Å². The van der Waals surface area contributed by atoms with Gasteiger partial charge in [-0.15, -0.1) is 0 Å². The number of methoxy groups -OCH3 is 2. The molecule has 8 heteroatoms. The summed E-state index contributed by atoms with van der Waals surface area (Å²) in [5.74, 6) is -0.0780. The molecule has 0 aliphatic carbocycles. The van der Waals surface area contributed by atoms with Crippen LogP contribution in [0, 0.1) is 10.1 Å². The van der Waals surface area contributed by atoms with E-state index in [2.05, 4.69) is 10.6 Å². The molecule has 2 aromatic carbocycles. The van der Waals surface area contributed by atoms with E-state index in [0.717, 1.165) is 11.3 Å². The summed E-state index contributed by atoms with van der Waals surface area (Å²) in [6, 6.07) is 11.6. The Morgan fingerprint density at radius 1 is 1.23 bits per heavy atom. The zero-order valence-electron chi connectivity index (χ0n) is 14.8. The molecule has 0 fully saturated rings. The first-order valence-electron chi connectivity index (χ1n) is 7.93. The molecule has 0 saturated carbocycles. The van der Waals surface area contributed by atoms with Gasteiger partial charge in [-0.3, -0.25) is 14.9 Å². The van der Waals surface area contributed by atoms with Crippen molar-refractivity contribution in [2.75, 3.05) is 31.4 Å². The minimum absolute atomic E-state index is 0.0327. The summed E-state index contributed by atoms with van der Waals surface area (Å²) in [7, 11) is 3.02. The Morgan fingerprint density at radius 3 is 2.65 bits per heavy atom. The van der Waals surface area contributed by atoms with E-state index in [1.165, 1.54) is 25.3 Å². The third-order valence-corrected chi connectivity index (χ3v) is 3.83. The number of hydrogen-bond donors (Lipinski definition) is 2. The van der Waals surface area contributed by atoms with Crippen LogP contribution in [0.4, 0.5) is 17.1 Å². The van der Waals surface area contributed by atoms with Crippen LogP contribution in [0.5, 0.6) is 5.75 Å². The molecule has 1 atom stereocenters. The van der Waals surface area contributed by atoms with Gasteiger partial charge < -0.3 is 20.1 Å². The normalized spacial score (nSPS) is 11.5. The molecule has 1 amide bonds. The van der Waals surface area contributed by atoms with Crippen LogP contribution in [-0.4, -0.2) is 31.6 Å². The number of nitro groups is 1. The molecule has 0 aliphatic rings. The second kappa shape index (κ2) is 8.82. The molecule has 8 nitrogen and oxygen atoms in total. The van der Waals surface area contributed by atoms with Crippen LogP contribution in [0.25, 0.3) is 0 Å². The maximum Gasteiger partial charge on any atom is 0.273 e. The van der Waals surface area contributed by atoms with Crippen LogP contribution in [0.15, 0.2) is 42.5 Å². The minimum atomic E-state index is -0.524. The summed E-state index contributed by atoms with van der Waals surface area (Å²) in [6.07, 6.45) is -0.0463. The van der Waals surface area contributed by atoms with Gasteiger partial charge in [-0.05, 0) is 30.7 Å². The van der Waals surface area contributed by atoms with Crippen molar-refractivity contribution in [3.05, 3.63) is 58.1 Å². The van der Waals surface area contributed by atoms with E-state index in [1.54, 1.807) is 7.11 Å². The van der Waals surface area contributed by atoms with Crippen LogP contribution in [0.2, 0.25) is 0 Å². The van der Waals surface area contributed by atoms with Gasteiger partial charge in [0.25, 0.3) is 5.69 Å². The van der Waals surface area contributed by atoms with Crippen molar-refractivity contribution in [3.8, 4) is 5.75 Å². The minimum Gasteiger partial charge on any atom is -0.494 e. The third kappa shape index (κ3) is 4.93. The van der Waals surface area contributed by atoms with Crippen molar-refractivity contribution in [2.45, 2.75) is 13.0 Å². The van der Waals surface area contributed by atoms with Gasteiger partial charge in [0, 0.05) is 18.9 Å². The predicted molar refractivity (Wildman–Crippen MR) is 98.6 cm³/mol. The second-order valence-electron chi connectivity index (χ2n) is 5.55. The molecule has 2 rings (SSSR count). The lowest BCUT2D eigenvalue weighted by atomic mass is 10.1. The van der Waals surface area contributed by atoms with Crippen molar-refractivity contribution >= 4 is 23.0 Å².